The van der Waals surface area contributed by atoms with Crippen LogP contribution in [0, 0.1) is 0 Å². The quantitative estimate of drug-likeness (QED) is 0.773. The van der Waals surface area contributed by atoms with Crippen LogP contribution in [-0.4, -0.2) is 19.7 Å². The van der Waals surface area contributed by atoms with E-state index in [1.807, 2.05) is 41.5 Å². The SMILES string of the molecule is CC(C)(C)n1cc(NC(c2ccccc2)c2cnc[nH]2)cn1. The first-order chi connectivity index (χ1) is 10.5. The summed E-state index contributed by atoms with van der Waals surface area (Å²) in [5, 5.41) is 7.98. The lowest BCUT2D eigenvalue weighted by molar-refractivity contribution is 0.355. The molecule has 0 aliphatic carbocycles. The van der Waals surface area contributed by atoms with Crippen molar-refractivity contribution < 1.29 is 0 Å². The Kier molecular flexibility index (Phi) is 3.71. The van der Waals surface area contributed by atoms with Crippen LogP contribution in [0.2, 0.25) is 0 Å². The number of imidazole rings is 1. The van der Waals surface area contributed by atoms with Crippen LogP contribution in [0.15, 0.2) is 55.2 Å². The van der Waals surface area contributed by atoms with Gasteiger partial charge in [0.05, 0.1) is 41.7 Å². The predicted octanol–water partition coefficient (Wildman–Crippen LogP) is 3.56. The molecule has 0 bridgehead atoms. The van der Waals surface area contributed by atoms with Crippen LogP contribution in [0.1, 0.15) is 38.1 Å². The van der Waals surface area contributed by atoms with Crippen molar-refractivity contribution >= 4 is 5.69 Å². The first-order valence-electron chi connectivity index (χ1n) is 7.39. The van der Waals surface area contributed by atoms with Crippen molar-refractivity contribution in [1.82, 2.24) is 19.7 Å². The molecule has 0 saturated carbocycles. The highest BCUT2D eigenvalue weighted by atomic mass is 15.3. The zero-order valence-corrected chi connectivity index (χ0v) is 13.1. The second kappa shape index (κ2) is 5.67. The van der Waals surface area contributed by atoms with Gasteiger partial charge in [0.2, 0.25) is 0 Å². The van der Waals surface area contributed by atoms with E-state index in [4.69, 9.17) is 0 Å². The number of rotatable bonds is 4. The van der Waals surface area contributed by atoms with Crippen molar-refractivity contribution in [2.45, 2.75) is 32.4 Å². The third-order valence-corrected chi connectivity index (χ3v) is 3.54. The number of nitrogens with one attached hydrogen (secondary N) is 2. The molecule has 0 amide bonds. The van der Waals surface area contributed by atoms with E-state index >= 15 is 0 Å². The second-order valence-electron chi connectivity index (χ2n) is 6.34. The molecule has 3 aromatic rings. The number of nitrogens with zero attached hydrogens (tertiary/aromatic N) is 3. The highest BCUT2D eigenvalue weighted by molar-refractivity contribution is 5.45. The number of hydrogen-bond donors (Lipinski definition) is 2. The standard InChI is InChI=1S/C17H21N5/c1-17(2,3)22-11-14(9-20-22)21-16(15-10-18-12-19-15)13-7-5-4-6-8-13/h4-12,16,21H,1-3H3,(H,18,19). The zero-order chi connectivity index (χ0) is 15.6. The van der Waals surface area contributed by atoms with E-state index in [9.17, 15) is 0 Å². The Bertz CT molecular complexity index is 707. The molecule has 0 aliphatic heterocycles. The van der Waals surface area contributed by atoms with E-state index in [-0.39, 0.29) is 11.6 Å². The van der Waals surface area contributed by atoms with Crippen molar-refractivity contribution in [2.24, 2.45) is 0 Å². The first-order valence-corrected chi connectivity index (χ1v) is 7.39. The summed E-state index contributed by atoms with van der Waals surface area (Å²) in [6.07, 6.45) is 7.44. The summed E-state index contributed by atoms with van der Waals surface area (Å²) in [7, 11) is 0. The van der Waals surface area contributed by atoms with Crippen LogP contribution in [0.3, 0.4) is 0 Å². The third-order valence-electron chi connectivity index (χ3n) is 3.54. The van der Waals surface area contributed by atoms with Gasteiger partial charge in [-0.15, -0.1) is 0 Å². The molecule has 0 radical (unpaired) electrons. The summed E-state index contributed by atoms with van der Waals surface area (Å²) in [6.45, 7) is 6.40. The minimum absolute atomic E-state index is 0.0151. The summed E-state index contributed by atoms with van der Waals surface area (Å²) in [5.41, 5.74) is 3.15. The fraction of sp³-hybridized carbons (Fsp3) is 0.294. The van der Waals surface area contributed by atoms with Crippen molar-refractivity contribution in [1.29, 1.82) is 0 Å². The third kappa shape index (κ3) is 3.03. The Hall–Kier alpha value is -2.56. The summed E-state index contributed by atoms with van der Waals surface area (Å²) in [5.74, 6) is 0. The molecule has 22 heavy (non-hydrogen) atoms. The molecule has 0 aliphatic rings. The molecule has 3 rings (SSSR count). The van der Waals surface area contributed by atoms with Gasteiger partial charge in [-0.25, -0.2) is 4.98 Å². The van der Waals surface area contributed by atoms with Gasteiger partial charge < -0.3 is 10.3 Å². The lowest BCUT2D eigenvalue weighted by Crippen LogP contribution is -2.22. The maximum absolute atomic E-state index is 4.44. The van der Waals surface area contributed by atoms with E-state index in [0.29, 0.717) is 0 Å². The highest BCUT2D eigenvalue weighted by Crippen LogP contribution is 2.25. The zero-order valence-electron chi connectivity index (χ0n) is 13.1. The van der Waals surface area contributed by atoms with Gasteiger partial charge in [0.25, 0.3) is 0 Å². The monoisotopic (exact) mass is 295 g/mol. The number of hydrogen-bond acceptors (Lipinski definition) is 3. The molecule has 1 atom stereocenters. The molecule has 5 heteroatoms. The molecule has 2 heterocycles. The van der Waals surface area contributed by atoms with Crippen LogP contribution in [0.25, 0.3) is 0 Å². The Morgan fingerprint density at radius 3 is 2.50 bits per heavy atom. The van der Waals surface area contributed by atoms with Crippen LogP contribution >= 0.6 is 0 Å². The molecule has 114 valence electrons. The minimum Gasteiger partial charge on any atom is -0.370 e. The molecule has 1 aromatic carbocycles. The molecule has 1 unspecified atom stereocenters. The Morgan fingerprint density at radius 1 is 1.14 bits per heavy atom. The van der Waals surface area contributed by atoms with Gasteiger partial charge in [-0.3, -0.25) is 4.68 Å². The average Bonchev–Trinajstić information content (AvgIpc) is 3.16. The van der Waals surface area contributed by atoms with Crippen molar-refractivity contribution in [3.05, 3.63) is 66.5 Å². The molecule has 2 aromatic heterocycles. The normalized spacial score (nSPS) is 13.0. The van der Waals surface area contributed by atoms with E-state index in [1.54, 1.807) is 6.33 Å². The van der Waals surface area contributed by atoms with Gasteiger partial charge in [-0.2, -0.15) is 5.10 Å². The Balaban J connectivity index is 1.90. The minimum atomic E-state index is -0.0316. The molecule has 0 spiro atoms. The average molecular weight is 295 g/mol. The molecule has 0 saturated heterocycles. The second-order valence-corrected chi connectivity index (χ2v) is 6.34. The van der Waals surface area contributed by atoms with Gasteiger partial charge in [0.1, 0.15) is 0 Å². The smallest absolute Gasteiger partial charge is 0.0934 e. The van der Waals surface area contributed by atoms with Crippen molar-refractivity contribution in [3.8, 4) is 0 Å². The fourth-order valence-corrected chi connectivity index (χ4v) is 2.34. The summed E-state index contributed by atoms with van der Waals surface area (Å²) < 4.78 is 1.96. The lowest BCUT2D eigenvalue weighted by Gasteiger charge is -2.20. The van der Waals surface area contributed by atoms with Gasteiger partial charge in [-0.05, 0) is 26.3 Å². The molecular formula is C17H21N5. The van der Waals surface area contributed by atoms with Gasteiger partial charge in [0, 0.05) is 6.20 Å². The Morgan fingerprint density at radius 2 is 1.91 bits per heavy atom. The number of benzene rings is 1. The van der Waals surface area contributed by atoms with Crippen molar-refractivity contribution in [3.63, 3.8) is 0 Å². The molecule has 5 nitrogen and oxygen atoms in total. The first kappa shape index (κ1) is 14.4. The van der Waals surface area contributed by atoms with Gasteiger partial charge in [-0.1, -0.05) is 30.3 Å². The Labute approximate surface area is 130 Å². The van der Waals surface area contributed by atoms with E-state index in [2.05, 4.69) is 53.3 Å². The van der Waals surface area contributed by atoms with Crippen LogP contribution in [0.4, 0.5) is 5.69 Å². The summed E-state index contributed by atoms with van der Waals surface area (Å²) in [4.78, 5) is 7.33. The largest absolute Gasteiger partial charge is 0.370 e. The van der Waals surface area contributed by atoms with Crippen LogP contribution in [-0.2, 0) is 5.54 Å². The number of anilines is 1. The van der Waals surface area contributed by atoms with Gasteiger partial charge in [0.15, 0.2) is 0 Å². The molecule has 0 fully saturated rings. The summed E-state index contributed by atoms with van der Waals surface area (Å²) >= 11 is 0. The topological polar surface area (TPSA) is 58.5 Å². The van der Waals surface area contributed by atoms with E-state index < -0.39 is 0 Å². The molecular weight excluding hydrogens is 274 g/mol. The maximum atomic E-state index is 4.44. The van der Waals surface area contributed by atoms with Crippen LogP contribution in [0.5, 0.6) is 0 Å². The lowest BCUT2D eigenvalue weighted by atomic mass is 10.0. The highest BCUT2D eigenvalue weighted by Gasteiger charge is 2.18. The van der Waals surface area contributed by atoms with E-state index in [0.717, 1.165) is 11.4 Å². The predicted molar refractivity (Wildman–Crippen MR) is 87.7 cm³/mol. The number of aromatic amines is 1. The fourth-order valence-electron chi connectivity index (χ4n) is 2.34. The van der Waals surface area contributed by atoms with E-state index in [1.165, 1.54) is 5.56 Å². The number of aromatic nitrogens is 4. The summed E-state index contributed by atoms with van der Waals surface area (Å²) in [6, 6.07) is 10.3. The van der Waals surface area contributed by atoms with Crippen molar-refractivity contribution in [2.75, 3.05) is 5.32 Å². The maximum Gasteiger partial charge on any atom is 0.0934 e. The molecule has 2 N–H and O–H groups in total. The number of H-pyrrole nitrogens is 1. The van der Waals surface area contributed by atoms with Gasteiger partial charge >= 0.3 is 0 Å². The van der Waals surface area contributed by atoms with Crippen LogP contribution < -0.4 is 5.32 Å².